The average molecular weight is 532 g/mol. The third kappa shape index (κ3) is 18.8. The number of carboxylic acid groups (broad SMARTS) is 1. The predicted molar refractivity (Wildman–Crippen MR) is 134 cm³/mol. The van der Waals surface area contributed by atoms with E-state index in [1.807, 2.05) is 0 Å². The number of carbonyl (C=O) groups excluding carboxylic acids is 4. The molecule has 0 aliphatic heterocycles. The van der Waals surface area contributed by atoms with E-state index >= 15 is 0 Å². The molecule has 0 aliphatic carbocycles. The number of unbranched alkanes of at least 4 members (excludes halogenated alkanes) is 15. The van der Waals surface area contributed by atoms with Gasteiger partial charge in [-0.15, -0.1) is 0 Å². The molecule has 0 heterocycles. The summed E-state index contributed by atoms with van der Waals surface area (Å²) in [7, 11) is 0. The van der Waals surface area contributed by atoms with Gasteiger partial charge in [0.2, 0.25) is 0 Å². The van der Waals surface area contributed by atoms with Gasteiger partial charge in [0.05, 0.1) is 19.6 Å². The molecule has 10 nitrogen and oxygen atoms in total. The van der Waals surface area contributed by atoms with Crippen molar-refractivity contribution in [2.45, 2.75) is 134 Å². The zero-order valence-electron chi connectivity index (χ0n) is 22.4. The highest BCUT2D eigenvalue weighted by Crippen LogP contribution is 2.19. The summed E-state index contributed by atoms with van der Waals surface area (Å²) < 4.78 is 9.14. The van der Waals surface area contributed by atoms with Crippen molar-refractivity contribution in [1.82, 2.24) is 0 Å². The van der Waals surface area contributed by atoms with Gasteiger partial charge in [-0.25, -0.2) is 9.59 Å². The normalized spacial score (nSPS) is 13.5. The number of rotatable bonds is 24. The van der Waals surface area contributed by atoms with Crippen LogP contribution < -0.4 is 5.11 Å². The van der Waals surface area contributed by atoms with Crippen LogP contribution in [0, 0.1) is 0 Å². The fourth-order valence-electron chi connectivity index (χ4n) is 3.90. The van der Waals surface area contributed by atoms with E-state index in [1.54, 1.807) is 0 Å². The van der Waals surface area contributed by atoms with Crippen molar-refractivity contribution >= 4 is 23.9 Å². The van der Waals surface area contributed by atoms with E-state index < -0.39 is 55.0 Å². The van der Waals surface area contributed by atoms with Gasteiger partial charge in [0, 0.05) is 12.4 Å². The maximum atomic E-state index is 12.0. The number of ether oxygens (including phenoxy) is 2. The molecule has 10 heteroatoms. The number of hydrogen-bond acceptors (Lipinski definition) is 10. The van der Waals surface area contributed by atoms with Gasteiger partial charge in [0.15, 0.2) is 11.7 Å². The van der Waals surface area contributed by atoms with Gasteiger partial charge in [0.25, 0.3) is 0 Å². The van der Waals surface area contributed by atoms with E-state index in [1.165, 1.54) is 77.0 Å². The van der Waals surface area contributed by atoms with Crippen LogP contribution in [0.2, 0.25) is 0 Å². The molecule has 0 aromatic heterocycles. The largest absolute Gasteiger partial charge is 0.550 e. The summed E-state index contributed by atoms with van der Waals surface area (Å²) in [5, 5.41) is 39.0. The quantitative estimate of drug-likeness (QED) is 0.0954. The summed E-state index contributed by atoms with van der Waals surface area (Å²) in [6, 6.07) is 0. The molecule has 216 valence electrons. The smallest absolute Gasteiger partial charge is 0.346 e. The topological polar surface area (TPSA) is 170 Å². The van der Waals surface area contributed by atoms with Crippen LogP contribution in [0.3, 0.4) is 0 Å². The van der Waals surface area contributed by atoms with Crippen molar-refractivity contribution in [2.24, 2.45) is 0 Å². The van der Waals surface area contributed by atoms with Crippen LogP contribution in [-0.2, 0) is 28.7 Å². The lowest BCUT2D eigenvalue weighted by Gasteiger charge is -2.25. The summed E-state index contributed by atoms with van der Waals surface area (Å²) in [6.07, 6.45) is 14.7. The molecule has 37 heavy (non-hydrogen) atoms. The lowest BCUT2D eigenvalue weighted by molar-refractivity contribution is -0.309. The Hall–Kier alpha value is -2.04. The van der Waals surface area contributed by atoms with E-state index in [0.29, 0.717) is 6.42 Å². The molecule has 0 saturated carbocycles. The maximum Gasteiger partial charge on any atom is 0.346 e. The molecular weight excluding hydrogens is 484 g/mol. The highest BCUT2D eigenvalue weighted by molar-refractivity contribution is 5.96. The number of hydrogen-bond donors (Lipinski definition) is 3. The van der Waals surface area contributed by atoms with E-state index in [4.69, 9.17) is 14.9 Å². The molecule has 0 aliphatic rings. The van der Waals surface area contributed by atoms with Gasteiger partial charge >= 0.3 is 17.9 Å². The Labute approximate surface area is 220 Å². The first-order chi connectivity index (χ1) is 17.7. The standard InChI is InChI=1S/C27H48O10/c1-2-3-4-5-6-7-8-9-10-11-12-13-14-15-16-17-18-36-24(32)20-27(35,19-23(30)31)26(34)37-25(33)22(29)21-28/h22,28-29,35H,2-21H2,1H3,(H,30,31)/p-1. The molecule has 0 aromatic carbocycles. The van der Waals surface area contributed by atoms with Crippen molar-refractivity contribution in [2.75, 3.05) is 13.2 Å². The number of carbonyl (C=O) groups is 4. The van der Waals surface area contributed by atoms with Gasteiger partial charge < -0.3 is 34.7 Å². The molecule has 2 unspecified atom stereocenters. The van der Waals surface area contributed by atoms with Crippen LogP contribution in [0.1, 0.15) is 122 Å². The minimum Gasteiger partial charge on any atom is -0.550 e. The summed E-state index contributed by atoms with van der Waals surface area (Å²) in [5.41, 5.74) is -2.91. The second-order valence-corrected chi connectivity index (χ2v) is 9.69. The Bertz CT molecular complexity index is 651. The molecule has 0 saturated heterocycles. The zero-order chi connectivity index (χ0) is 27.9. The SMILES string of the molecule is CCCCCCCCCCCCCCCCCCOC(=O)CC(O)(CC(=O)[O-])C(=O)OC(=O)C(O)CO. The molecule has 3 N–H and O–H groups in total. The van der Waals surface area contributed by atoms with Gasteiger partial charge in [-0.2, -0.15) is 0 Å². The number of aliphatic carboxylic acids is 1. The Morgan fingerprint density at radius 2 is 1.19 bits per heavy atom. The first-order valence-corrected chi connectivity index (χ1v) is 13.8. The molecule has 0 radical (unpaired) electrons. The first kappa shape index (κ1) is 35.0. The molecular formula is C27H47O10-. The van der Waals surface area contributed by atoms with E-state index in [-0.39, 0.29) is 6.61 Å². The van der Waals surface area contributed by atoms with Crippen LogP contribution in [0.25, 0.3) is 0 Å². The molecule has 0 spiro atoms. The summed E-state index contributed by atoms with van der Waals surface area (Å²) in [4.78, 5) is 46.3. The monoisotopic (exact) mass is 531 g/mol. The van der Waals surface area contributed by atoms with Crippen molar-refractivity contribution in [1.29, 1.82) is 0 Å². The molecule has 0 rings (SSSR count). The third-order valence-electron chi connectivity index (χ3n) is 6.15. The Morgan fingerprint density at radius 1 is 0.757 bits per heavy atom. The summed E-state index contributed by atoms with van der Waals surface area (Å²) in [5.74, 6) is -6.25. The van der Waals surface area contributed by atoms with Crippen molar-refractivity contribution in [3.05, 3.63) is 0 Å². The van der Waals surface area contributed by atoms with Gasteiger partial charge in [-0.3, -0.25) is 4.79 Å². The fraction of sp³-hybridized carbons (Fsp3) is 0.852. The number of aliphatic hydroxyl groups is 3. The van der Waals surface area contributed by atoms with Gasteiger partial charge in [-0.05, 0) is 6.42 Å². The fourth-order valence-corrected chi connectivity index (χ4v) is 3.90. The summed E-state index contributed by atoms with van der Waals surface area (Å²) in [6.45, 7) is 1.22. The second-order valence-electron chi connectivity index (χ2n) is 9.69. The number of esters is 3. The Morgan fingerprint density at radius 3 is 1.59 bits per heavy atom. The average Bonchev–Trinajstić information content (AvgIpc) is 2.84. The van der Waals surface area contributed by atoms with Crippen LogP contribution in [0.5, 0.6) is 0 Å². The molecule has 0 amide bonds. The van der Waals surface area contributed by atoms with Crippen LogP contribution in [0.4, 0.5) is 0 Å². The first-order valence-electron chi connectivity index (χ1n) is 13.8. The van der Waals surface area contributed by atoms with Crippen molar-refractivity contribution < 1.29 is 49.1 Å². The van der Waals surface area contributed by atoms with E-state index in [9.17, 15) is 29.4 Å². The maximum absolute atomic E-state index is 12.0. The lowest BCUT2D eigenvalue weighted by atomic mass is 9.95. The van der Waals surface area contributed by atoms with Crippen LogP contribution in [0.15, 0.2) is 0 Å². The van der Waals surface area contributed by atoms with E-state index in [0.717, 1.165) is 19.3 Å². The lowest BCUT2D eigenvalue weighted by Crippen LogP contribution is -2.48. The molecule has 0 bridgehead atoms. The Balaban J connectivity index is 3.93. The minimum atomic E-state index is -2.91. The number of carboxylic acids is 1. The number of aliphatic hydroxyl groups excluding tert-OH is 2. The molecule has 0 fully saturated rings. The zero-order valence-corrected chi connectivity index (χ0v) is 22.4. The van der Waals surface area contributed by atoms with E-state index in [2.05, 4.69) is 11.7 Å². The second kappa shape index (κ2) is 22.0. The van der Waals surface area contributed by atoms with Crippen molar-refractivity contribution in [3.8, 4) is 0 Å². The van der Waals surface area contributed by atoms with Gasteiger partial charge in [-0.1, -0.05) is 103 Å². The van der Waals surface area contributed by atoms with Gasteiger partial charge in [0.1, 0.15) is 0 Å². The molecule has 2 atom stereocenters. The minimum absolute atomic E-state index is 0.0376. The van der Waals surface area contributed by atoms with Crippen LogP contribution >= 0.6 is 0 Å². The van der Waals surface area contributed by atoms with Crippen LogP contribution in [-0.4, -0.2) is 64.1 Å². The highest BCUT2D eigenvalue weighted by Gasteiger charge is 2.42. The van der Waals surface area contributed by atoms with Crippen molar-refractivity contribution in [3.63, 3.8) is 0 Å². The third-order valence-corrected chi connectivity index (χ3v) is 6.15. The Kier molecular flexibility index (Phi) is 20.8. The predicted octanol–water partition coefficient (Wildman–Crippen LogP) is 2.48. The summed E-state index contributed by atoms with van der Waals surface area (Å²) >= 11 is 0. The molecule has 0 aromatic rings. The highest BCUT2D eigenvalue weighted by atomic mass is 16.6.